The molecule has 1 fully saturated rings. The molecule has 4 rings (SSSR count). The first-order valence-corrected chi connectivity index (χ1v) is 9.60. The number of nitro benzene ring substituents is 1. The van der Waals surface area contributed by atoms with Crippen LogP contribution in [0.4, 0.5) is 10.5 Å². The van der Waals surface area contributed by atoms with Crippen LogP contribution >= 0.6 is 0 Å². The van der Waals surface area contributed by atoms with Crippen molar-refractivity contribution in [3.05, 3.63) is 81.7 Å². The molecule has 10 heteroatoms. The first kappa shape index (κ1) is 20.8. The second kappa shape index (κ2) is 8.34. The third kappa shape index (κ3) is 3.93. The molecule has 1 aliphatic rings. The van der Waals surface area contributed by atoms with Crippen LogP contribution in [-0.4, -0.2) is 46.0 Å². The molecule has 1 saturated heterocycles. The van der Waals surface area contributed by atoms with Crippen LogP contribution in [0.2, 0.25) is 0 Å². The van der Waals surface area contributed by atoms with Gasteiger partial charge in [0.2, 0.25) is 0 Å². The van der Waals surface area contributed by atoms with E-state index in [1.54, 1.807) is 24.4 Å². The molecule has 0 spiro atoms. The Balaban J connectivity index is 1.68. The standard InChI is InChI=1S/C22H18N4O6/c1-32-20(27)13-25-21(28)18(23-22(25)29)10-15-12-24(19-8-3-2-7-17(15)19)11-14-5-4-6-16(9-14)26(30)31/h2-10,12H,11,13H2,1H3,(H,23,29)/b18-10+. The molecule has 32 heavy (non-hydrogen) atoms. The molecule has 0 aliphatic carbocycles. The summed E-state index contributed by atoms with van der Waals surface area (Å²) in [5.74, 6) is -1.33. The Morgan fingerprint density at radius 2 is 1.97 bits per heavy atom. The van der Waals surface area contributed by atoms with Crippen molar-refractivity contribution in [1.82, 2.24) is 14.8 Å². The summed E-state index contributed by atoms with van der Waals surface area (Å²) in [5, 5.41) is 14.4. The van der Waals surface area contributed by atoms with E-state index in [0.717, 1.165) is 21.4 Å². The fraction of sp³-hybridized carbons (Fsp3) is 0.136. The van der Waals surface area contributed by atoms with Gasteiger partial charge in [-0.1, -0.05) is 30.3 Å². The Labute approximate surface area is 181 Å². The quantitative estimate of drug-likeness (QED) is 0.209. The zero-order chi connectivity index (χ0) is 22.8. The number of ether oxygens (including phenoxy) is 1. The van der Waals surface area contributed by atoms with Crippen molar-refractivity contribution in [2.45, 2.75) is 6.54 Å². The summed E-state index contributed by atoms with van der Waals surface area (Å²) in [4.78, 5) is 47.6. The molecule has 3 amide bonds. The van der Waals surface area contributed by atoms with Crippen LogP contribution in [0, 0.1) is 10.1 Å². The van der Waals surface area contributed by atoms with Crippen molar-refractivity contribution in [3.8, 4) is 0 Å². The summed E-state index contributed by atoms with van der Waals surface area (Å²) in [6, 6.07) is 13.2. The molecule has 0 atom stereocenters. The van der Waals surface area contributed by atoms with Gasteiger partial charge in [0.25, 0.3) is 11.6 Å². The summed E-state index contributed by atoms with van der Waals surface area (Å²) >= 11 is 0. The molecule has 0 bridgehead atoms. The van der Waals surface area contributed by atoms with Crippen molar-refractivity contribution in [2.24, 2.45) is 0 Å². The van der Waals surface area contributed by atoms with Gasteiger partial charge in [0.1, 0.15) is 12.2 Å². The number of nitro groups is 1. The molecule has 2 aromatic carbocycles. The largest absolute Gasteiger partial charge is 0.468 e. The van der Waals surface area contributed by atoms with Gasteiger partial charge in [-0.05, 0) is 17.7 Å². The molecule has 10 nitrogen and oxygen atoms in total. The number of nitrogens with one attached hydrogen (secondary N) is 1. The minimum atomic E-state index is -0.705. The predicted octanol–water partition coefficient (Wildman–Crippen LogP) is 2.66. The number of esters is 1. The maximum absolute atomic E-state index is 12.6. The lowest BCUT2D eigenvalue weighted by Crippen LogP contribution is -2.36. The first-order valence-electron chi connectivity index (χ1n) is 9.60. The SMILES string of the molecule is COC(=O)CN1C(=O)N/C(=C/c2cn(Cc3cccc([N+](=O)[O-])c3)c3ccccc23)C1=O. The summed E-state index contributed by atoms with van der Waals surface area (Å²) in [6.07, 6.45) is 3.35. The number of rotatable bonds is 6. The number of methoxy groups -OCH3 is 1. The molecule has 0 radical (unpaired) electrons. The number of urea groups is 1. The van der Waals surface area contributed by atoms with Gasteiger partial charge < -0.3 is 14.6 Å². The molecule has 162 valence electrons. The molecule has 1 aromatic heterocycles. The Morgan fingerprint density at radius 3 is 2.72 bits per heavy atom. The van der Waals surface area contributed by atoms with Crippen molar-refractivity contribution < 1.29 is 24.0 Å². The Bertz CT molecular complexity index is 1290. The lowest BCUT2D eigenvalue weighted by atomic mass is 10.1. The lowest BCUT2D eigenvalue weighted by Gasteiger charge is -2.08. The summed E-state index contributed by atoms with van der Waals surface area (Å²) in [7, 11) is 1.17. The fourth-order valence-corrected chi connectivity index (χ4v) is 3.55. The third-order valence-corrected chi connectivity index (χ3v) is 5.07. The number of amides is 3. The van der Waals surface area contributed by atoms with E-state index in [0.29, 0.717) is 12.1 Å². The highest BCUT2D eigenvalue weighted by molar-refractivity contribution is 6.15. The zero-order valence-corrected chi connectivity index (χ0v) is 17.0. The molecule has 3 aromatic rings. The van der Waals surface area contributed by atoms with E-state index in [4.69, 9.17) is 0 Å². The van der Waals surface area contributed by atoms with Crippen LogP contribution in [0.15, 0.2) is 60.4 Å². The van der Waals surface area contributed by atoms with Crippen LogP contribution < -0.4 is 5.32 Å². The molecular weight excluding hydrogens is 416 g/mol. The normalized spacial score (nSPS) is 14.8. The highest BCUT2D eigenvalue weighted by Crippen LogP contribution is 2.26. The van der Waals surface area contributed by atoms with E-state index in [-0.39, 0.29) is 11.4 Å². The summed E-state index contributed by atoms with van der Waals surface area (Å²) < 4.78 is 6.44. The second-order valence-electron chi connectivity index (χ2n) is 7.11. The summed E-state index contributed by atoms with van der Waals surface area (Å²) in [6.45, 7) is -0.104. The smallest absolute Gasteiger partial charge is 0.329 e. The molecule has 0 saturated carbocycles. The number of benzene rings is 2. The first-order chi connectivity index (χ1) is 15.4. The number of carbonyl (C=O) groups is 3. The maximum Gasteiger partial charge on any atom is 0.329 e. The van der Waals surface area contributed by atoms with Gasteiger partial charge >= 0.3 is 12.0 Å². The maximum atomic E-state index is 12.6. The van der Waals surface area contributed by atoms with Gasteiger partial charge in [-0.3, -0.25) is 19.7 Å². The van der Waals surface area contributed by atoms with Gasteiger partial charge in [-0.25, -0.2) is 9.69 Å². The van der Waals surface area contributed by atoms with E-state index in [9.17, 15) is 24.5 Å². The van der Waals surface area contributed by atoms with Gasteiger partial charge in [-0.2, -0.15) is 0 Å². The summed E-state index contributed by atoms with van der Waals surface area (Å²) in [5.41, 5.74) is 2.32. The molecule has 2 heterocycles. The number of hydrogen-bond donors (Lipinski definition) is 1. The topological polar surface area (TPSA) is 124 Å². The van der Waals surface area contributed by atoms with Crippen LogP contribution in [0.1, 0.15) is 11.1 Å². The van der Waals surface area contributed by atoms with E-state index in [1.165, 1.54) is 19.2 Å². The minimum Gasteiger partial charge on any atom is -0.468 e. The number of para-hydroxylation sites is 1. The number of imide groups is 1. The predicted molar refractivity (Wildman–Crippen MR) is 114 cm³/mol. The fourth-order valence-electron chi connectivity index (χ4n) is 3.55. The Hall–Kier alpha value is -4.47. The number of aromatic nitrogens is 1. The van der Waals surface area contributed by atoms with Crippen molar-refractivity contribution >= 4 is 40.6 Å². The van der Waals surface area contributed by atoms with Gasteiger partial charge in [0.05, 0.1) is 12.0 Å². The lowest BCUT2D eigenvalue weighted by molar-refractivity contribution is -0.384. The van der Waals surface area contributed by atoms with Crippen LogP contribution in [0.25, 0.3) is 17.0 Å². The average Bonchev–Trinajstić information content (AvgIpc) is 3.26. The average molecular weight is 434 g/mol. The van der Waals surface area contributed by atoms with Gasteiger partial charge in [0, 0.05) is 41.3 Å². The number of fused-ring (bicyclic) bond motifs is 1. The van der Waals surface area contributed by atoms with Gasteiger partial charge in [-0.15, -0.1) is 0 Å². The van der Waals surface area contributed by atoms with E-state index in [1.807, 2.05) is 28.8 Å². The molecule has 1 aliphatic heterocycles. The van der Waals surface area contributed by atoms with E-state index < -0.39 is 29.4 Å². The Kier molecular flexibility index (Phi) is 5.42. The second-order valence-corrected chi connectivity index (χ2v) is 7.11. The molecular formula is C22H18N4O6. The van der Waals surface area contributed by atoms with Crippen LogP contribution in [0.5, 0.6) is 0 Å². The number of hydrogen-bond acceptors (Lipinski definition) is 6. The van der Waals surface area contributed by atoms with Crippen molar-refractivity contribution in [3.63, 3.8) is 0 Å². The minimum absolute atomic E-state index is 0.00580. The number of carbonyl (C=O) groups excluding carboxylic acids is 3. The number of non-ortho nitro benzene ring substituents is 1. The van der Waals surface area contributed by atoms with Crippen molar-refractivity contribution in [2.75, 3.05) is 13.7 Å². The van der Waals surface area contributed by atoms with Crippen molar-refractivity contribution in [1.29, 1.82) is 0 Å². The molecule has 0 unspecified atom stereocenters. The zero-order valence-electron chi connectivity index (χ0n) is 17.0. The highest BCUT2D eigenvalue weighted by Gasteiger charge is 2.35. The molecule has 1 N–H and O–H groups in total. The van der Waals surface area contributed by atoms with Crippen LogP contribution in [-0.2, 0) is 20.9 Å². The monoisotopic (exact) mass is 434 g/mol. The van der Waals surface area contributed by atoms with Gasteiger partial charge in [0.15, 0.2) is 0 Å². The highest BCUT2D eigenvalue weighted by atomic mass is 16.6. The third-order valence-electron chi connectivity index (χ3n) is 5.07. The van der Waals surface area contributed by atoms with E-state index in [2.05, 4.69) is 10.1 Å². The Morgan fingerprint density at radius 1 is 1.19 bits per heavy atom. The van der Waals surface area contributed by atoms with E-state index >= 15 is 0 Å². The number of nitrogens with zero attached hydrogens (tertiary/aromatic N) is 3. The van der Waals surface area contributed by atoms with Crippen LogP contribution in [0.3, 0.4) is 0 Å².